The first-order valence-electron chi connectivity index (χ1n) is 8.33. The minimum atomic E-state index is -0.305. The zero-order valence-corrected chi connectivity index (χ0v) is 14.5. The monoisotopic (exact) mass is 333 g/mol. The smallest absolute Gasteiger partial charge is 0.338 e. The van der Waals surface area contributed by atoms with Crippen LogP contribution >= 0.6 is 0 Å². The van der Waals surface area contributed by atoms with Crippen LogP contribution < -0.4 is 10.1 Å². The minimum Gasteiger partial charge on any atom is -0.494 e. The fraction of sp³-hybridized carbons (Fsp3) is 0.474. The van der Waals surface area contributed by atoms with Gasteiger partial charge in [0.1, 0.15) is 5.75 Å². The number of rotatable bonds is 11. The van der Waals surface area contributed by atoms with E-state index in [1.807, 2.05) is 0 Å². The molecule has 5 nitrogen and oxygen atoms in total. The van der Waals surface area contributed by atoms with Crippen molar-refractivity contribution >= 4 is 11.9 Å². The number of ether oxygens (including phenoxy) is 2. The molecule has 0 bridgehead atoms. The molecule has 0 saturated carbocycles. The lowest BCUT2D eigenvalue weighted by Gasteiger charge is -2.08. The maximum atomic E-state index is 11.8. The minimum absolute atomic E-state index is 0.160. The summed E-state index contributed by atoms with van der Waals surface area (Å²) in [5.74, 6) is 0.759. The average Bonchev–Trinajstić information content (AvgIpc) is 2.57. The number of nitrogens with one attached hydrogen (secondary N) is 1. The zero-order valence-electron chi connectivity index (χ0n) is 14.5. The Balaban J connectivity index is 2.23. The van der Waals surface area contributed by atoms with Gasteiger partial charge in [-0.05, 0) is 55.5 Å². The van der Waals surface area contributed by atoms with E-state index in [0.29, 0.717) is 37.0 Å². The highest BCUT2D eigenvalue weighted by molar-refractivity contribution is 5.89. The number of unbranched alkanes of at least 4 members (excludes halogenated alkanes) is 1. The van der Waals surface area contributed by atoms with Gasteiger partial charge in [0.2, 0.25) is 5.91 Å². The van der Waals surface area contributed by atoms with Crippen molar-refractivity contribution in [1.82, 2.24) is 5.32 Å². The molecule has 1 rings (SSSR count). The van der Waals surface area contributed by atoms with Crippen molar-refractivity contribution in [1.29, 1.82) is 0 Å². The van der Waals surface area contributed by atoms with E-state index in [1.54, 1.807) is 24.3 Å². The van der Waals surface area contributed by atoms with Crippen molar-refractivity contribution in [3.05, 3.63) is 42.5 Å². The standard InChI is InChI=1S/C19H27NO4/c1-4-18(21)20-12-5-6-13-23-17-9-7-16(8-10-17)19(22)24-14-11-15(2)3/h4,7-10,15H,1,5-6,11-14H2,2-3H3,(H,20,21). The highest BCUT2D eigenvalue weighted by Crippen LogP contribution is 2.14. The second-order valence-corrected chi connectivity index (χ2v) is 5.89. The maximum Gasteiger partial charge on any atom is 0.338 e. The van der Waals surface area contributed by atoms with Crippen molar-refractivity contribution in [2.45, 2.75) is 33.1 Å². The van der Waals surface area contributed by atoms with E-state index in [1.165, 1.54) is 6.08 Å². The molecule has 0 aliphatic carbocycles. The van der Waals surface area contributed by atoms with Crippen LogP contribution in [0, 0.1) is 5.92 Å². The number of amides is 1. The van der Waals surface area contributed by atoms with E-state index in [0.717, 1.165) is 19.3 Å². The van der Waals surface area contributed by atoms with Crippen molar-refractivity contribution in [3.8, 4) is 5.75 Å². The Labute approximate surface area is 144 Å². The van der Waals surface area contributed by atoms with E-state index >= 15 is 0 Å². The molecule has 24 heavy (non-hydrogen) atoms. The normalized spacial score (nSPS) is 10.3. The third kappa shape index (κ3) is 8.36. The summed E-state index contributed by atoms with van der Waals surface area (Å²) in [6.45, 7) is 9.18. The lowest BCUT2D eigenvalue weighted by Crippen LogP contribution is -2.22. The number of hydrogen-bond acceptors (Lipinski definition) is 4. The topological polar surface area (TPSA) is 64.6 Å². The molecule has 0 heterocycles. The Bertz CT molecular complexity index is 523. The molecular weight excluding hydrogens is 306 g/mol. The van der Waals surface area contributed by atoms with Gasteiger partial charge in [0.25, 0.3) is 0 Å². The number of esters is 1. The first kappa shape index (κ1) is 19.7. The zero-order chi connectivity index (χ0) is 17.8. The Hall–Kier alpha value is -2.30. The molecule has 0 fully saturated rings. The number of carbonyl (C=O) groups excluding carboxylic acids is 2. The molecule has 1 aromatic rings. The van der Waals surface area contributed by atoms with Crippen molar-refractivity contribution < 1.29 is 19.1 Å². The molecule has 0 aliphatic heterocycles. The lowest BCUT2D eigenvalue weighted by atomic mass is 10.1. The molecule has 0 saturated heterocycles. The summed E-state index contributed by atoms with van der Waals surface area (Å²) in [6, 6.07) is 6.94. The van der Waals surface area contributed by atoms with Gasteiger partial charge in [0.05, 0.1) is 18.8 Å². The fourth-order valence-corrected chi connectivity index (χ4v) is 1.86. The lowest BCUT2D eigenvalue weighted by molar-refractivity contribution is -0.116. The van der Waals surface area contributed by atoms with E-state index in [2.05, 4.69) is 25.7 Å². The van der Waals surface area contributed by atoms with Gasteiger partial charge in [-0.1, -0.05) is 20.4 Å². The fourth-order valence-electron chi connectivity index (χ4n) is 1.86. The summed E-state index contributed by atoms with van der Waals surface area (Å²) in [6.07, 6.45) is 3.78. The molecule has 5 heteroatoms. The van der Waals surface area contributed by atoms with Crippen molar-refractivity contribution in [2.75, 3.05) is 19.8 Å². The molecule has 0 spiro atoms. The van der Waals surface area contributed by atoms with Gasteiger partial charge in [-0.3, -0.25) is 4.79 Å². The Kier molecular flexibility index (Phi) is 9.27. The van der Waals surface area contributed by atoms with Crippen LogP contribution in [0.5, 0.6) is 5.75 Å². The summed E-state index contributed by atoms with van der Waals surface area (Å²) >= 11 is 0. The summed E-state index contributed by atoms with van der Waals surface area (Å²) in [4.78, 5) is 22.8. The van der Waals surface area contributed by atoms with Gasteiger partial charge in [0, 0.05) is 6.54 Å². The van der Waals surface area contributed by atoms with E-state index in [4.69, 9.17) is 9.47 Å². The second-order valence-electron chi connectivity index (χ2n) is 5.89. The van der Waals surface area contributed by atoms with Crippen LogP contribution in [0.25, 0.3) is 0 Å². The van der Waals surface area contributed by atoms with Crippen LogP contribution in [0.15, 0.2) is 36.9 Å². The predicted octanol–water partition coefficient (Wildman–Crippen LogP) is 3.35. The van der Waals surface area contributed by atoms with E-state index in [9.17, 15) is 9.59 Å². The van der Waals surface area contributed by atoms with Gasteiger partial charge >= 0.3 is 5.97 Å². The van der Waals surface area contributed by atoms with Crippen LogP contribution in [-0.4, -0.2) is 31.6 Å². The van der Waals surface area contributed by atoms with Crippen LogP contribution in [0.4, 0.5) is 0 Å². The molecule has 0 aliphatic rings. The molecule has 1 N–H and O–H groups in total. The van der Waals surface area contributed by atoms with E-state index < -0.39 is 0 Å². The van der Waals surface area contributed by atoms with Gasteiger partial charge in [-0.25, -0.2) is 4.79 Å². The number of hydrogen-bond donors (Lipinski definition) is 1. The summed E-state index contributed by atoms with van der Waals surface area (Å²) in [5.41, 5.74) is 0.526. The molecule has 0 radical (unpaired) electrons. The van der Waals surface area contributed by atoms with Crippen molar-refractivity contribution in [3.63, 3.8) is 0 Å². The van der Waals surface area contributed by atoms with Gasteiger partial charge < -0.3 is 14.8 Å². The SMILES string of the molecule is C=CC(=O)NCCCCOc1ccc(C(=O)OCCC(C)C)cc1. The van der Waals surface area contributed by atoms with Crippen LogP contribution in [0.2, 0.25) is 0 Å². The molecule has 132 valence electrons. The second kappa shape index (κ2) is 11.3. The number of benzene rings is 1. The van der Waals surface area contributed by atoms with Gasteiger partial charge in [-0.15, -0.1) is 0 Å². The Morgan fingerprint density at radius 2 is 1.88 bits per heavy atom. The average molecular weight is 333 g/mol. The summed E-state index contributed by atoms with van der Waals surface area (Å²) in [5, 5.41) is 2.71. The predicted molar refractivity (Wildman–Crippen MR) is 94.1 cm³/mol. The largest absolute Gasteiger partial charge is 0.494 e. The molecule has 1 amide bonds. The molecule has 0 unspecified atom stereocenters. The first-order chi connectivity index (χ1) is 11.5. The van der Waals surface area contributed by atoms with Crippen LogP contribution in [-0.2, 0) is 9.53 Å². The Morgan fingerprint density at radius 3 is 2.50 bits per heavy atom. The molecule has 1 aromatic carbocycles. The molecule has 0 aromatic heterocycles. The molecule has 0 atom stereocenters. The van der Waals surface area contributed by atoms with Crippen LogP contribution in [0.3, 0.4) is 0 Å². The first-order valence-corrected chi connectivity index (χ1v) is 8.33. The van der Waals surface area contributed by atoms with Crippen molar-refractivity contribution in [2.24, 2.45) is 5.92 Å². The molecular formula is C19H27NO4. The quantitative estimate of drug-likeness (QED) is 0.383. The third-order valence-electron chi connectivity index (χ3n) is 3.34. The van der Waals surface area contributed by atoms with Crippen LogP contribution in [0.1, 0.15) is 43.5 Å². The number of carbonyl (C=O) groups is 2. The third-order valence-corrected chi connectivity index (χ3v) is 3.34. The maximum absolute atomic E-state index is 11.8. The van der Waals surface area contributed by atoms with Gasteiger partial charge in [-0.2, -0.15) is 0 Å². The highest BCUT2D eigenvalue weighted by Gasteiger charge is 2.07. The van der Waals surface area contributed by atoms with Gasteiger partial charge in [0.15, 0.2) is 0 Å². The Morgan fingerprint density at radius 1 is 1.17 bits per heavy atom. The van der Waals surface area contributed by atoms with E-state index in [-0.39, 0.29) is 11.9 Å². The highest BCUT2D eigenvalue weighted by atomic mass is 16.5. The summed E-state index contributed by atoms with van der Waals surface area (Å²) < 4.78 is 10.8. The summed E-state index contributed by atoms with van der Waals surface area (Å²) in [7, 11) is 0.